The van der Waals surface area contributed by atoms with E-state index in [2.05, 4.69) is 33.8 Å². The number of hydrogen-bond acceptors (Lipinski definition) is 4. The Labute approximate surface area is 164 Å². The van der Waals surface area contributed by atoms with Crippen LogP contribution in [0.15, 0.2) is 48.3 Å². The molecule has 2 N–H and O–H groups in total. The highest BCUT2D eigenvalue weighted by molar-refractivity contribution is 6.30. The van der Waals surface area contributed by atoms with Gasteiger partial charge in [0.2, 0.25) is 0 Å². The van der Waals surface area contributed by atoms with Crippen LogP contribution in [0.3, 0.4) is 0 Å². The summed E-state index contributed by atoms with van der Waals surface area (Å²) in [7, 11) is 0. The van der Waals surface area contributed by atoms with Gasteiger partial charge in [-0.3, -0.25) is 4.79 Å². The number of hydrogen-bond donors (Lipinski definition) is 2. The number of carbonyl (C=O) groups excluding carboxylic acids is 1. The van der Waals surface area contributed by atoms with Gasteiger partial charge in [0.1, 0.15) is 17.5 Å². The minimum absolute atomic E-state index is 0.0263. The third kappa shape index (κ3) is 4.87. The quantitative estimate of drug-likeness (QED) is 0.598. The van der Waals surface area contributed by atoms with Crippen LogP contribution in [0.1, 0.15) is 42.5 Å². The van der Waals surface area contributed by atoms with E-state index in [9.17, 15) is 10.1 Å². The van der Waals surface area contributed by atoms with Crippen molar-refractivity contribution >= 4 is 23.3 Å². The number of rotatable bonds is 5. The molecule has 5 nitrogen and oxygen atoms in total. The van der Waals surface area contributed by atoms with Gasteiger partial charge in [0, 0.05) is 17.4 Å². The molecule has 1 aliphatic rings. The van der Waals surface area contributed by atoms with Gasteiger partial charge in [-0.2, -0.15) is 5.26 Å². The fraction of sp³-hybridized carbons (Fsp3) is 0.286. The first-order valence-electron chi connectivity index (χ1n) is 8.98. The summed E-state index contributed by atoms with van der Waals surface area (Å²) in [5, 5.41) is 15.5. The predicted octanol–water partition coefficient (Wildman–Crippen LogP) is 4.31. The molecule has 1 aromatic heterocycles. The van der Waals surface area contributed by atoms with Gasteiger partial charge < -0.3 is 10.6 Å². The maximum atomic E-state index is 12.4. The zero-order valence-electron chi connectivity index (χ0n) is 15.1. The zero-order chi connectivity index (χ0) is 19.2. The van der Waals surface area contributed by atoms with Crippen molar-refractivity contribution in [2.45, 2.75) is 38.6 Å². The fourth-order valence-corrected chi connectivity index (χ4v) is 3.32. The van der Waals surface area contributed by atoms with E-state index in [0.29, 0.717) is 10.8 Å². The van der Waals surface area contributed by atoms with Gasteiger partial charge >= 0.3 is 0 Å². The normalized spacial score (nSPS) is 14.6. The molecule has 3 rings (SSSR count). The van der Waals surface area contributed by atoms with Crippen molar-refractivity contribution in [1.29, 1.82) is 5.26 Å². The SMILES string of the molecule is CC(NC(=O)/C(C#N)=C\Nc1cc(Cl)ccn1)c1ccc2c(c1)CCCC2. The summed E-state index contributed by atoms with van der Waals surface area (Å²) in [6, 6.07) is 11.4. The molecule has 0 radical (unpaired) electrons. The number of nitrogens with zero attached hydrogens (tertiary/aromatic N) is 2. The smallest absolute Gasteiger partial charge is 0.263 e. The summed E-state index contributed by atoms with van der Waals surface area (Å²) in [5.41, 5.74) is 3.79. The number of nitrogens with one attached hydrogen (secondary N) is 2. The number of pyridine rings is 1. The Morgan fingerprint density at radius 2 is 2.04 bits per heavy atom. The molecule has 1 unspecified atom stereocenters. The minimum atomic E-state index is -0.433. The van der Waals surface area contributed by atoms with Crippen molar-refractivity contribution in [3.8, 4) is 6.07 Å². The van der Waals surface area contributed by atoms with E-state index in [-0.39, 0.29) is 11.6 Å². The molecule has 0 saturated carbocycles. The lowest BCUT2D eigenvalue weighted by Gasteiger charge is -2.20. The van der Waals surface area contributed by atoms with Crippen LogP contribution in [0, 0.1) is 11.3 Å². The molecule has 138 valence electrons. The molecular formula is C21H21ClN4O. The summed E-state index contributed by atoms with van der Waals surface area (Å²) >= 11 is 5.90. The Morgan fingerprint density at radius 1 is 1.26 bits per heavy atom. The van der Waals surface area contributed by atoms with Crippen LogP contribution >= 0.6 is 11.6 Å². The molecule has 1 amide bonds. The van der Waals surface area contributed by atoms with Crippen LogP contribution in [-0.2, 0) is 17.6 Å². The number of fused-ring (bicyclic) bond motifs is 1. The molecule has 1 atom stereocenters. The van der Waals surface area contributed by atoms with Crippen LogP contribution in [-0.4, -0.2) is 10.9 Å². The summed E-state index contributed by atoms with van der Waals surface area (Å²) in [6.07, 6.45) is 7.55. The molecular weight excluding hydrogens is 360 g/mol. The van der Waals surface area contributed by atoms with E-state index in [1.165, 1.54) is 30.2 Å². The number of aryl methyl sites for hydroxylation is 2. The molecule has 0 bridgehead atoms. The van der Waals surface area contributed by atoms with Crippen molar-refractivity contribution in [3.05, 3.63) is 70.0 Å². The average Bonchev–Trinajstić information content (AvgIpc) is 2.68. The summed E-state index contributed by atoms with van der Waals surface area (Å²) < 4.78 is 0. The zero-order valence-corrected chi connectivity index (χ0v) is 15.9. The first kappa shape index (κ1) is 18.9. The van der Waals surface area contributed by atoms with Crippen LogP contribution in [0.5, 0.6) is 0 Å². The number of nitriles is 1. The van der Waals surface area contributed by atoms with Crippen LogP contribution < -0.4 is 10.6 Å². The largest absolute Gasteiger partial charge is 0.345 e. The minimum Gasteiger partial charge on any atom is -0.345 e. The first-order valence-corrected chi connectivity index (χ1v) is 9.35. The number of anilines is 1. The number of halogens is 1. The van der Waals surface area contributed by atoms with Crippen LogP contribution in [0.2, 0.25) is 5.02 Å². The van der Waals surface area contributed by atoms with Crippen molar-refractivity contribution < 1.29 is 4.79 Å². The van der Waals surface area contributed by atoms with Crippen molar-refractivity contribution in [2.75, 3.05) is 5.32 Å². The van der Waals surface area contributed by atoms with Gasteiger partial charge in [-0.05, 0) is 61.4 Å². The number of aromatic nitrogens is 1. The predicted molar refractivity (Wildman–Crippen MR) is 106 cm³/mol. The Hall–Kier alpha value is -2.84. The van der Waals surface area contributed by atoms with E-state index in [1.807, 2.05) is 13.0 Å². The first-order chi connectivity index (χ1) is 13.1. The standard InChI is InChI=1S/C21H21ClN4O/c1-14(16-7-6-15-4-2-3-5-17(15)10-16)26-21(27)18(12-23)13-25-20-11-19(22)8-9-24-20/h6-11,13-14H,2-5H2,1H3,(H,24,25)(H,26,27)/b18-13-. The Balaban J connectivity index is 1.67. The maximum Gasteiger partial charge on any atom is 0.263 e. The monoisotopic (exact) mass is 380 g/mol. The Morgan fingerprint density at radius 3 is 2.78 bits per heavy atom. The second kappa shape index (κ2) is 8.70. The van der Waals surface area contributed by atoms with Crippen molar-refractivity contribution in [3.63, 3.8) is 0 Å². The van der Waals surface area contributed by atoms with Gasteiger partial charge in [0.25, 0.3) is 5.91 Å². The van der Waals surface area contributed by atoms with Gasteiger partial charge in [0.05, 0.1) is 6.04 Å². The molecule has 1 aromatic carbocycles. The Bertz CT molecular complexity index is 917. The molecule has 2 aromatic rings. The van der Waals surface area contributed by atoms with E-state index in [0.717, 1.165) is 18.4 Å². The number of amides is 1. The molecule has 6 heteroatoms. The highest BCUT2D eigenvalue weighted by atomic mass is 35.5. The lowest BCUT2D eigenvalue weighted by Crippen LogP contribution is -2.28. The average molecular weight is 381 g/mol. The number of benzene rings is 1. The van der Waals surface area contributed by atoms with Gasteiger partial charge in [-0.25, -0.2) is 4.98 Å². The fourth-order valence-electron chi connectivity index (χ4n) is 3.16. The summed E-state index contributed by atoms with van der Waals surface area (Å²) in [6.45, 7) is 1.92. The van der Waals surface area contributed by atoms with Crippen LogP contribution in [0.4, 0.5) is 5.82 Å². The van der Waals surface area contributed by atoms with E-state index >= 15 is 0 Å². The Kier molecular flexibility index (Phi) is 6.10. The van der Waals surface area contributed by atoms with Gasteiger partial charge in [-0.1, -0.05) is 29.8 Å². The number of carbonyl (C=O) groups is 1. The molecule has 1 heterocycles. The van der Waals surface area contributed by atoms with E-state index in [1.54, 1.807) is 18.3 Å². The van der Waals surface area contributed by atoms with Crippen molar-refractivity contribution in [1.82, 2.24) is 10.3 Å². The van der Waals surface area contributed by atoms with E-state index in [4.69, 9.17) is 11.6 Å². The van der Waals surface area contributed by atoms with Crippen LogP contribution in [0.25, 0.3) is 0 Å². The highest BCUT2D eigenvalue weighted by Crippen LogP contribution is 2.25. The molecule has 0 spiro atoms. The molecule has 0 aliphatic heterocycles. The molecule has 1 aliphatic carbocycles. The van der Waals surface area contributed by atoms with Gasteiger partial charge in [0.15, 0.2) is 0 Å². The lowest BCUT2D eigenvalue weighted by molar-refractivity contribution is -0.117. The summed E-state index contributed by atoms with van der Waals surface area (Å²) in [5.74, 6) is 0.0306. The second-order valence-corrected chi connectivity index (χ2v) is 7.04. The maximum absolute atomic E-state index is 12.4. The highest BCUT2D eigenvalue weighted by Gasteiger charge is 2.16. The van der Waals surface area contributed by atoms with Gasteiger partial charge in [-0.15, -0.1) is 0 Å². The molecule has 0 saturated heterocycles. The topological polar surface area (TPSA) is 77.8 Å². The second-order valence-electron chi connectivity index (χ2n) is 6.60. The third-order valence-corrected chi connectivity index (χ3v) is 4.91. The third-order valence-electron chi connectivity index (χ3n) is 4.67. The summed E-state index contributed by atoms with van der Waals surface area (Å²) in [4.78, 5) is 16.5. The van der Waals surface area contributed by atoms with Crippen molar-refractivity contribution in [2.24, 2.45) is 0 Å². The molecule has 27 heavy (non-hydrogen) atoms. The van der Waals surface area contributed by atoms with E-state index < -0.39 is 5.91 Å². The molecule has 0 fully saturated rings. The lowest BCUT2D eigenvalue weighted by atomic mass is 9.89.